The number of rotatable bonds is 3. The van der Waals surface area contributed by atoms with Crippen molar-refractivity contribution in [3.63, 3.8) is 0 Å². The number of halogens is 1. The second kappa shape index (κ2) is 9.78. The van der Waals surface area contributed by atoms with Gasteiger partial charge in [-0.2, -0.15) is 0 Å². The number of amides is 2. The number of nitrogens with one attached hydrogen (secondary N) is 2. The van der Waals surface area contributed by atoms with Crippen LogP contribution in [0, 0.1) is 0 Å². The molecule has 2 rings (SSSR count). The zero-order valence-corrected chi connectivity index (χ0v) is 21.8. The summed E-state index contributed by atoms with van der Waals surface area (Å²) in [6.07, 6.45) is -0.720. The number of carbonyl (C=O) groups excluding carboxylic acids is 2. The average molecular weight is 539 g/mol. The van der Waals surface area contributed by atoms with E-state index in [1.54, 1.807) is 4.90 Å². The molecule has 0 aliphatic carbocycles. The molecule has 2 N–H and O–H groups in total. The molecular formula is C20H38IN5O4. The first-order valence-electron chi connectivity index (χ1n) is 10.2. The molecule has 9 nitrogen and oxygen atoms in total. The molecule has 0 aromatic heterocycles. The number of fused-ring (bicyclic) bond motifs is 1. The zero-order valence-electron chi connectivity index (χ0n) is 19.5. The van der Waals surface area contributed by atoms with Gasteiger partial charge in [0, 0.05) is 26.2 Å². The van der Waals surface area contributed by atoms with Gasteiger partial charge in [0.25, 0.3) is 0 Å². The normalized spacial score (nSPS) is 19.3. The molecule has 0 aromatic carbocycles. The molecule has 30 heavy (non-hydrogen) atoms. The Morgan fingerprint density at radius 2 is 1.63 bits per heavy atom. The highest BCUT2D eigenvalue weighted by Gasteiger charge is 2.37. The molecule has 0 spiro atoms. The molecule has 0 radical (unpaired) electrons. The van der Waals surface area contributed by atoms with Gasteiger partial charge < -0.3 is 29.9 Å². The first kappa shape index (κ1) is 26.6. The van der Waals surface area contributed by atoms with Gasteiger partial charge in [-0.25, -0.2) is 9.59 Å². The van der Waals surface area contributed by atoms with Crippen LogP contribution < -0.4 is 10.6 Å². The summed E-state index contributed by atoms with van der Waals surface area (Å²) in [6, 6.07) is 0.140. The monoisotopic (exact) mass is 539 g/mol. The maximum atomic E-state index is 12.3. The van der Waals surface area contributed by atoms with Crippen LogP contribution in [0.5, 0.6) is 0 Å². The summed E-state index contributed by atoms with van der Waals surface area (Å²) in [5, 5.41) is 6.23. The zero-order chi connectivity index (χ0) is 22.0. The minimum atomic E-state index is -0.538. The summed E-state index contributed by atoms with van der Waals surface area (Å²) in [6.45, 7) is 18.0. The van der Waals surface area contributed by atoms with Gasteiger partial charge in [0.05, 0.1) is 18.1 Å². The minimum Gasteiger partial charge on any atom is -0.444 e. The molecule has 10 heteroatoms. The summed E-state index contributed by atoms with van der Waals surface area (Å²) in [5.41, 5.74) is -1.55. The van der Waals surface area contributed by atoms with Gasteiger partial charge in [0.2, 0.25) is 0 Å². The van der Waals surface area contributed by atoms with Crippen LogP contribution in [0.3, 0.4) is 0 Å². The number of alkyl carbamates (subject to hydrolysis) is 1. The summed E-state index contributed by atoms with van der Waals surface area (Å²) >= 11 is 0. The molecule has 1 fully saturated rings. The number of piperazine rings is 1. The molecule has 1 saturated heterocycles. The van der Waals surface area contributed by atoms with Crippen LogP contribution in [0.2, 0.25) is 0 Å². The molecule has 2 aliphatic rings. The van der Waals surface area contributed by atoms with Gasteiger partial charge >= 0.3 is 12.2 Å². The Hall–Kier alpha value is -1.46. The maximum Gasteiger partial charge on any atom is 0.410 e. The predicted molar refractivity (Wildman–Crippen MR) is 127 cm³/mol. The van der Waals surface area contributed by atoms with Crippen molar-refractivity contribution in [1.82, 2.24) is 20.4 Å². The second-order valence-electron chi connectivity index (χ2n) is 10.3. The molecule has 174 valence electrons. The Morgan fingerprint density at radius 1 is 1.03 bits per heavy atom. The third-order valence-corrected chi connectivity index (χ3v) is 4.39. The van der Waals surface area contributed by atoms with Crippen LogP contribution in [0.4, 0.5) is 9.59 Å². The summed E-state index contributed by atoms with van der Waals surface area (Å²) < 4.78 is 10.8. The van der Waals surface area contributed by atoms with Gasteiger partial charge in [0.15, 0.2) is 5.96 Å². The SMILES string of the molecule is CC(C)(CNC1=NCC2CN(C(=O)OC(C)(C)C)CCN12)NC(=O)OC(C)(C)C.I. The Labute approximate surface area is 197 Å². The molecule has 2 amide bonds. The number of hydrogen-bond donors (Lipinski definition) is 2. The first-order valence-corrected chi connectivity index (χ1v) is 10.2. The predicted octanol–water partition coefficient (Wildman–Crippen LogP) is 2.79. The van der Waals surface area contributed by atoms with Crippen LogP contribution in [0.15, 0.2) is 4.99 Å². The lowest BCUT2D eigenvalue weighted by atomic mass is 10.1. The van der Waals surface area contributed by atoms with Crippen molar-refractivity contribution in [3.05, 3.63) is 0 Å². The fraction of sp³-hybridized carbons (Fsp3) is 0.850. The molecule has 2 aliphatic heterocycles. The second-order valence-corrected chi connectivity index (χ2v) is 10.3. The highest BCUT2D eigenvalue weighted by atomic mass is 127. The summed E-state index contributed by atoms with van der Waals surface area (Å²) in [7, 11) is 0. The number of ether oxygens (including phenoxy) is 2. The van der Waals surface area contributed by atoms with Crippen LogP contribution in [-0.4, -0.2) is 83.5 Å². The van der Waals surface area contributed by atoms with Crippen LogP contribution >= 0.6 is 24.0 Å². The molecular weight excluding hydrogens is 501 g/mol. The first-order chi connectivity index (χ1) is 13.2. The standard InChI is InChI=1S/C20H37N5O4.HI/c1-18(2,3)28-16(26)23-20(7,8)13-22-15-21-11-14-12-24(9-10-25(14)15)17(27)29-19(4,5)6;/h14H,9-13H2,1-8H3,(H,21,22)(H,23,26);1H. The average Bonchev–Trinajstić information content (AvgIpc) is 2.91. The van der Waals surface area contributed by atoms with Crippen molar-refractivity contribution in [3.8, 4) is 0 Å². The van der Waals surface area contributed by atoms with E-state index < -0.39 is 22.8 Å². The Balaban J connectivity index is 0.00000450. The fourth-order valence-corrected chi connectivity index (χ4v) is 3.15. The topological polar surface area (TPSA) is 95.5 Å². The van der Waals surface area contributed by atoms with E-state index in [0.29, 0.717) is 32.7 Å². The summed E-state index contributed by atoms with van der Waals surface area (Å²) in [5.74, 6) is 0.804. The van der Waals surface area contributed by atoms with E-state index in [2.05, 4.69) is 20.5 Å². The Bertz CT molecular complexity index is 655. The van der Waals surface area contributed by atoms with E-state index in [4.69, 9.17) is 9.47 Å². The van der Waals surface area contributed by atoms with Crippen molar-refractivity contribution in [2.45, 2.75) is 78.2 Å². The molecule has 1 atom stereocenters. The van der Waals surface area contributed by atoms with E-state index in [-0.39, 0.29) is 36.1 Å². The van der Waals surface area contributed by atoms with Gasteiger partial charge in [-0.1, -0.05) is 0 Å². The number of aliphatic imine (C=N–C) groups is 1. The maximum absolute atomic E-state index is 12.3. The Kier molecular flexibility index (Phi) is 8.66. The third-order valence-electron chi connectivity index (χ3n) is 4.39. The molecule has 0 saturated carbocycles. The lowest BCUT2D eigenvalue weighted by molar-refractivity contribution is 0.0137. The van der Waals surface area contributed by atoms with E-state index in [0.717, 1.165) is 5.96 Å². The molecule has 1 unspecified atom stereocenters. The fourth-order valence-electron chi connectivity index (χ4n) is 3.15. The van der Waals surface area contributed by atoms with Gasteiger partial charge in [-0.15, -0.1) is 24.0 Å². The summed E-state index contributed by atoms with van der Waals surface area (Å²) in [4.78, 5) is 32.9. The van der Waals surface area contributed by atoms with Crippen molar-refractivity contribution in [1.29, 1.82) is 0 Å². The highest BCUT2D eigenvalue weighted by Crippen LogP contribution is 2.19. The third kappa shape index (κ3) is 8.35. The lowest BCUT2D eigenvalue weighted by Crippen LogP contribution is -2.59. The van der Waals surface area contributed by atoms with Crippen molar-refractivity contribution in [2.75, 3.05) is 32.7 Å². The molecule has 2 heterocycles. The van der Waals surface area contributed by atoms with Crippen molar-refractivity contribution < 1.29 is 19.1 Å². The number of carbonyl (C=O) groups is 2. The largest absolute Gasteiger partial charge is 0.444 e. The molecule has 0 bridgehead atoms. The lowest BCUT2D eigenvalue weighted by Gasteiger charge is -2.39. The Morgan fingerprint density at radius 3 is 2.20 bits per heavy atom. The number of nitrogens with zero attached hydrogens (tertiary/aromatic N) is 3. The van der Waals surface area contributed by atoms with Crippen LogP contribution in [0.1, 0.15) is 55.4 Å². The van der Waals surface area contributed by atoms with E-state index in [1.807, 2.05) is 55.4 Å². The van der Waals surface area contributed by atoms with Gasteiger partial charge in [0.1, 0.15) is 11.2 Å². The number of guanidine groups is 1. The highest BCUT2D eigenvalue weighted by molar-refractivity contribution is 14.0. The van der Waals surface area contributed by atoms with Crippen LogP contribution in [0.25, 0.3) is 0 Å². The van der Waals surface area contributed by atoms with Crippen molar-refractivity contribution >= 4 is 42.1 Å². The van der Waals surface area contributed by atoms with Crippen LogP contribution in [-0.2, 0) is 9.47 Å². The van der Waals surface area contributed by atoms with E-state index in [9.17, 15) is 9.59 Å². The number of hydrogen-bond acceptors (Lipinski definition) is 7. The quantitative estimate of drug-likeness (QED) is 0.536. The van der Waals surface area contributed by atoms with Gasteiger partial charge in [-0.05, 0) is 55.4 Å². The minimum absolute atomic E-state index is 0. The van der Waals surface area contributed by atoms with E-state index in [1.165, 1.54) is 0 Å². The van der Waals surface area contributed by atoms with Crippen molar-refractivity contribution in [2.24, 2.45) is 4.99 Å². The van der Waals surface area contributed by atoms with E-state index >= 15 is 0 Å². The molecule has 0 aromatic rings. The smallest absolute Gasteiger partial charge is 0.410 e. The van der Waals surface area contributed by atoms with Gasteiger partial charge in [-0.3, -0.25) is 4.99 Å².